The van der Waals surface area contributed by atoms with Gasteiger partial charge in [-0.1, -0.05) is 35.0 Å². The third kappa shape index (κ3) is 4.04. The normalized spacial score (nSPS) is 12.4. The number of halogens is 1. The Morgan fingerprint density at radius 1 is 1.40 bits per heavy atom. The first-order valence-electron chi connectivity index (χ1n) is 5.10. The predicted molar refractivity (Wildman–Crippen MR) is 64.0 cm³/mol. The van der Waals surface area contributed by atoms with Gasteiger partial charge in [-0.3, -0.25) is 4.79 Å². The minimum atomic E-state index is -0.717. The van der Waals surface area contributed by atoms with Gasteiger partial charge in [0, 0.05) is 10.9 Å². The van der Waals surface area contributed by atoms with Crippen molar-refractivity contribution >= 4 is 21.9 Å². The Morgan fingerprint density at radius 2 is 2.00 bits per heavy atom. The van der Waals surface area contributed by atoms with Crippen LogP contribution < -0.4 is 0 Å². The molecule has 0 fully saturated rings. The van der Waals surface area contributed by atoms with Crippen molar-refractivity contribution in [1.29, 1.82) is 0 Å². The van der Waals surface area contributed by atoms with Crippen LogP contribution in [0.4, 0.5) is 0 Å². The molecule has 1 atom stereocenters. The van der Waals surface area contributed by atoms with Crippen LogP contribution in [0.2, 0.25) is 0 Å². The number of benzene rings is 1. The van der Waals surface area contributed by atoms with Crippen molar-refractivity contribution in [2.24, 2.45) is 0 Å². The lowest BCUT2D eigenvalue weighted by molar-refractivity contribution is -0.137. The molecule has 0 amide bonds. The summed E-state index contributed by atoms with van der Waals surface area (Å²) < 4.78 is 1.05. The zero-order valence-electron chi connectivity index (χ0n) is 8.74. The summed E-state index contributed by atoms with van der Waals surface area (Å²) in [5.74, 6) is -0.361. The highest BCUT2D eigenvalue weighted by Gasteiger charge is 2.10. The van der Waals surface area contributed by atoms with Gasteiger partial charge in [-0.05, 0) is 36.5 Å². The molecule has 82 valence electrons. The van der Waals surface area contributed by atoms with Crippen LogP contribution in [0.3, 0.4) is 0 Å². The molecule has 1 rings (SSSR count). The maximum absolute atomic E-state index is 10.5. The van der Waals surface area contributed by atoms with Gasteiger partial charge in [0.1, 0.15) is 0 Å². The van der Waals surface area contributed by atoms with E-state index in [1.54, 1.807) is 0 Å². The van der Waals surface area contributed by atoms with E-state index in [0.29, 0.717) is 12.3 Å². The molecule has 0 heterocycles. The largest absolute Gasteiger partial charge is 0.481 e. The fourth-order valence-electron chi connectivity index (χ4n) is 1.64. The molecule has 15 heavy (non-hydrogen) atoms. The number of carboxylic acid groups (broad SMARTS) is 1. The molecule has 1 aromatic rings. The fraction of sp³-hybridized carbons (Fsp3) is 0.417. The minimum Gasteiger partial charge on any atom is -0.481 e. The first-order valence-corrected chi connectivity index (χ1v) is 5.90. The van der Waals surface area contributed by atoms with E-state index in [1.165, 1.54) is 5.56 Å². The van der Waals surface area contributed by atoms with E-state index >= 15 is 0 Å². The predicted octanol–water partition coefficient (Wildman–Crippen LogP) is 3.81. The molecular formula is C12H15BrO2. The molecular weight excluding hydrogens is 256 g/mol. The number of rotatable bonds is 5. The van der Waals surface area contributed by atoms with Gasteiger partial charge >= 0.3 is 5.97 Å². The second kappa shape index (κ2) is 5.91. The van der Waals surface area contributed by atoms with Crippen LogP contribution in [0.5, 0.6) is 0 Å². The first kappa shape index (κ1) is 12.2. The lowest BCUT2D eigenvalue weighted by Crippen LogP contribution is -2.02. The van der Waals surface area contributed by atoms with Crippen LogP contribution in [-0.4, -0.2) is 11.1 Å². The third-order valence-electron chi connectivity index (χ3n) is 2.54. The summed E-state index contributed by atoms with van der Waals surface area (Å²) in [4.78, 5) is 10.5. The molecule has 0 bridgehead atoms. The average molecular weight is 271 g/mol. The molecule has 1 N–H and O–H groups in total. The average Bonchev–Trinajstić information content (AvgIpc) is 2.21. The van der Waals surface area contributed by atoms with Crippen molar-refractivity contribution in [3.63, 3.8) is 0 Å². The van der Waals surface area contributed by atoms with Gasteiger partial charge in [-0.15, -0.1) is 0 Å². The van der Waals surface area contributed by atoms with Crippen molar-refractivity contribution < 1.29 is 9.90 Å². The Balaban J connectivity index is 2.65. The van der Waals surface area contributed by atoms with Crippen molar-refractivity contribution in [2.45, 2.75) is 32.1 Å². The summed E-state index contributed by atoms with van der Waals surface area (Å²) in [6, 6.07) is 8.11. The van der Waals surface area contributed by atoms with Gasteiger partial charge < -0.3 is 5.11 Å². The number of carbonyl (C=O) groups is 1. The number of aliphatic carboxylic acids is 1. The van der Waals surface area contributed by atoms with Crippen LogP contribution in [0.1, 0.15) is 37.7 Å². The van der Waals surface area contributed by atoms with Gasteiger partial charge in [-0.25, -0.2) is 0 Å². The summed E-state index contributed by atoms with van der Waals surface area (Å²) in [5.41, 5.74) is 1.22. The maximum atomic E-state index is 10.5. The Kier molecular flexibility index (Phi) is 4.82. The van der Waals surface area contributed by atoms with E-state index in [1.807, 2.05) is 12.1 Å². The Hall–Kier alpha value is -0.830. The zero-order chi connectivity index (χ0) is 11.3. The summed E-state index contributed by atoms with van der Waals surface area (Å²) in [5, 5.41) is 8.64. The summed E-state index contributed by atoms with van der Waals surface area (Å²) in [7, 11) is 0. The van der Waals surface area contributed by atoms with Gasteiger partial charge in [0.25, 0.3) is 0 Å². The van der Waals surface area contributed by atoms with Crippen LogP contribution in [0.15, 0.2) is 28.7 Å². The molecule has 0 aliphatic heterocycles. The van der Waals surface area contributed by atoms with Gasteiger partial charge in [0.15, 0.2) is 0 Å². The monoisotopic (exact) mass is 270 g/mol. The first-order chi connectivity index (χ1) is 7.13. The van der Waals surface area contributed by atoms with E-state index in [-0.39, 0.29) is 6.42 Å². The van der Waals surface area contributed by atoms with E-state index < -0.39 is 5.97 Å². The van der Waals surface area contributed by atoms with Crippen LogP contribution in [-0.2, 0) is 4.79 Å². The number of hydrogen-bond donors (Lipinski definition) is 1. The van der Waals surface area contributed by atoms with Gasteiger partial charge in [0.2, 0.25) is 0 Å². The Labute approximate surface area is 98.4 Å². The molecule has 0 saturated carbocycles. The Bertz CT molecular complexity index is 319. The summed E-state index contributed by atoms with van der Waals surface area (Å²) in [6.45, 7) is 2.09. The maximum Gasteiger partial charge on any atom is 0.303 e. The standard InChI is InChI=1S/C12H15BrO2/c1-2-9(5-8-12(14)15)10-3-6-11(13)7-4-10/h3-4,6-7,9H,2,5,8H2,1H3,(H,14,15). The van der Waals surface area contributed by atoms with E-state index in [4.69, 9.17) is 5.11 Å². The third-order valence-corrected chi connectivity index (χ3v) is 3.07. The molecule has 0 saturated heterocycles. The molecule has 1 unspecified atom stereocenters. The van der Waals surface area contributed by atoms with Crippen molar-refractivity contribution in [1.82, 2.24) is 0 Å². The van der Waals surface area contributed by atoms with Crippen LogP contribution in [0.25, 0.3) is 0 Å². The molecule has 0 aliphatic rings. The molecule has 2 nitrogen and oxygen atoms in total. The highest BCUT2D eigenvalue weighted by atomic mass is 79.9. The Morgan fingerprint density at radius 3 is 2.47 bits per heavy atom. The topological polar surface area (TPSA) is 37.3 Å². The van der Waals surface area contributed by atoms with Crippen molar-refractivity contribution in [3.05, 3.63) is 34.3 Å². The van der Waals surface area contributed by atoms with Gasteiger partial charge in [-0.2, -0.15) is 0 Å². The highest BCUT2D eigenvalue weighted by molar-refractivity contribution is 9.10. The van der Waals surface area contributed by atoms with E-state index in [0.717, 1.165) is 10.9 Å². The lowest BCUT2D eigenvalue weighted by Gasteiger charge is -2.13. The molecule has 1 aromatic carbocycles. The quantitative estimate of drug-likeness (QED) is 0.884. The second-order valence-electron chi connectivity index (χ2n) is 3.59. The molecule has 0 aliphatic carbocycles. The van der Waals surface area contributed by atoms with Crippen LogP contribution >= 0.6 is 15.9 Å². The second-order valence-corrected chi connectivity index (χ2v) is 4.50. The van der Waals surface area contributed by atoms with Crippen molar-refractivity contribution in [3.8, 4) is 0 Å². The summed E-state index contributed by atoms with van der Waals surface area (Å²) >= 11 is 3.38. The van der Waals surface area contributed by atoms with Crippen LogP contribution in [0, 0.1) is 0 Å². The molecule has 0 aromatic heterocycles. The summed E-state index contributed by atoms with van der Waals surface area (Å²) in [6.07, 6.45) is 1.94. The smallest absolute Gasteiger partial charge is 0.303 e. The SMILES string of the molecule is CCC(CCC(=O)O)c1ccc(Br)cc1. The van der Waals surface area contributed by atoms with E-state index in [2.05, 4.69) is 35.0 Å². The van der Waals surface area contributed by atoms with Crippen molar-refractivity contribution in [2.75, 3.05) is 0 Å². The molecule has 0 spiro atoms. The zero-order valence-corrected chi connectivity index (χ0v) is 10.3. The minimum absolute atomic E-state index is 0.245. The molecule has 0 radical (unpaired) electrons. The van der Waals surface area contributed by atoms with Gasteiger partial charge in [0.05, 0.1) is 0 Å². The molecule has 3 heteroatoms. The number of carboxylic acids is 1. The lowest BCUT2D eigenvalue weighted by atomic mass is 9.92. The number of hydrogen-bond acceptors (Lipinski definition) is 1. The highest BCUT2D eigenvalue weighted by Crippen LogP contribution is 2.25. The fourth-order valence-corrected chi connectivity index (χ4v) is 1.90. The van der Waals surface area contributed by atoms with E-state index in [9.17, 15) is 4.79 Å².